The lowest BCUT2D eigenvalue weighted by Gasteiger charge is -2.40. The van der Waals surface area contributed by atoms with Crippen LogP contribution in [-0.2, 0) is 4.79 Å². The molecule has 0 unspecified atom stereocenters. The van der Waals surface area contributed by atoms with Gasteiger partial charge in [-0.1, -0.05) is 26.2 Å². The SMILES string of the molecule is C[C@]12CCCCC[C@@H]1CC(=O)CC2. The molecule has 0 heterocycles. The van der Waals surface area contributed by atoms with Gasteiger partial charge in [-0.05, 0) is 30.6 Å². The average molecular weight is 180 g/mol. The molecular formula is C12H20O. The standard InChI is InChI=1S/C12H20O/c1-12-7-4-2-3-5-10(12)9-11(13)6-8-12/h10H,2-9H2,1H3/t10-,12-/m1/s1. The Kier molecular flexibility index (Phi) is 2.44. The second kappa shape index (κ2) is 3.43. The highest BCUT2D eigenvalue weighted by molar-refractivity contribution is 5.79. The lowest BCUT2D eigenvalue weighted by molar-refractivity contribution is -0.124. The molecular weight excluding hydrogens is 160 g/mol. The number of Topliss-reactive ketones (excluding diaryl/α,β-unsaturated/α-hetero) is 1. The molecule has 2 aliphatic rings. The van der Waals surface area contributed by atoms with Gasteiger partial charge >= 0.3 is 0 Å². The molecule has 13 heavy (non-hydrogen) atoms. The van der Waals surface area contributed by atoms with Crippen molar-refractivity contribution < 1.29 is 4.79 Å². The quantitative estimate of drug-likeness (QED) is 0.559. The molecule has 0 aliphatic heterocycles. The van der Waals surface area contributed by atoms with Crippen LogP contribution in [0.5, 0.6) is 0 Å². The van der Waals surface area contributed by atoms with Gasteiger partial charge in [0.1, 0.15) is 5.78 Å². The highest BCUT2D eigenvalue weighted by atomic mass is 16.1. The van der Waals surface area contributed by atoms with Gasteiger partial charge in [-0.25, -0.2) is 0 Å². The van der Waals surface area contributed by atoms with Crippen LogP contribution in [0.3, 0.4) is 0 Å². The molecule has 2 saturated carbocycles. The highest BCUT2D eigenvalue weighted by Crippen LogP contribution is 2.47. The molecule has 0 spiro atoms. The van der Waals surface area contributed by atoms with Crippen LogP contribution in [0.25, 0.3) is 0 Å². The fourth-order valence-electron chi connectivity index (χ4n) is 3.13. The summed E-state index contributed by atoms with van der Waals surface area (Å²) < 4.78 is 0. The third kappa shape index (κ3) is 1.79. The van der Waals surface area contributed by atoms with Crippen LogP contribution in [0, 0.1) is 11.3 Å². The lowest BCUT2D eigenvalue weighted by Crippen LogP contribution is -2.33. The first-order chi connectivity index (χ1) is 6.21. The minimum absolute atomic E-state index is 0.518. The Morgan fingerprint density at radius 1 is 1.23 bits per heavy atom. The summed E-state index contributed by atoms with van der Waals surface area (Å²) in [6.07, 6.45) is 9.71. The van der Waals surface area contributed by atoms with Crippen molar-refractivity contribution in [3.63, 3.8) is 0 Å². The van der Waals surface area contributed by atoms with Gasteiger partial charge in [-0.15, -0.1) is 0 Å². The van der Waals surface area contributed by atoms with E-state index >= 15 is 0 Å². The first-order valence-electron chi connectivity index (χ1n) is 5.72. The van der Waals surface area contributed by atoms with Crippen molar-refractivity contribution in [1.29, 1.82) is 0 Å². The molecule has 2 atom stereocenters. The third-order valence-electron chi connectivity index (χ3n) is 4.24. The largest absolute Gasteiger partial charge is 0.300 e. The molecule has 0 radical (unpaired) electrons. The van der Waals surface area contributed by atoms with E-state index in [-0.39, 0.29) is 0 Å². The minimum atomic E-state index is 0.518. The Hall–Kier alpha value is -0.330. The second-order valence-corrected chi connectivity index (χ2v) is 5.19. The molecule has 1 heteroatoms. The van der Waals surface area contributed by atoms with Crippen molar-refractivity contribution in [2.45, 2.75) is 58.3 Å². The number of carbonyl (C=O) groups is 1. The Morgan fingerprint density at radius 3 is 2.92 bits per heavy atom. The number of hydrogen-bond donors (Lipinski definition) is 0. The van der Waals surface area contributed by atoms with E-state index in [9.17, 15) is 4.79 Å². The van der Waals surface area contributed by atoms with Crippen molar-refractivity contribution >= 4 is 5.78 Å². The fraction of sp³-hybridized carbons (Fsp3) is 0.917. The fourth-order valence-corrected chi connectivity index (χ4v) is 3.13. The van der Waals surface area contributed by atoms with E-state index in [1.54, 1.807) is 0 Å². The zero-order valence-corrected chi connectivity index (χ0v) is 8.64. The molecule has 0 N–H and O–H groups in total. The van der Waals surface area contributed by atoms with Crippen molar-refractivity contribution in [2.24, 2.45) is 11.3 Å². The normalized spacial score (nSPS) is 41.0. The molecule has 0 amide bonds. The van der Waals surface area contributed by atoms with Gasteiger partial charge in [-0.3, -0.25) is 4.79 Å². The van der Waals surface area contributed by atoms with Crippen LogP contribution >= 0.6 is 0 Å². The van der Waals surface area contributed by atoms with Gasteiger partial charge in [0.15, 0.2) is 0 Å². The maximum Gasteiger partial charge on any atom is 0.133 e. The summed E-state index contributed by atoms with van der Waals surface area (Å²) in [4.78, 5) is 11.4. The summed E-state index contributed by atoms with van der Waals surface area (Å²) in [5, 5.41) is 0. The third-order valence-corrected chi connectivity index (χ3v) is 4.24. The Labute approximate surface area is 80.9 Å². The molecule has 74 valence electrons. The molecule has 2 fully saturated rings. The van der Waals surface area contributed by atoms with Gasteiger partial charge in [0.2, 0.25) is 0 Å². The maximum atomic E-state index is 11.4. The van der Waals surface area contributed by atoms with Crippen molar-refractivity contribution in [3.05, 3.63) is 0 Å². The van der Waals surface area contributed by atoms with Crippen molar-refractivity contribution in [2.75, 3.05) is 0 Å². The van der Waals surface area contributed by atoms with Gasteiger partial charge < -0.3 is 0 Å². The Morgan fingerprint density at radius 2 is 2.08 bits per heavy atom. The van der Waals surface area contributed by atoms with Crippen LogP contribution in [0.1, 0.15) is 58.3 Å². The summed E-state index contributed by atoms with van der Waals surface area (Å²) in [5.41, 5.74) is 0.518. The second-order valence-electron chi connectivity index (χ2n) is 5.19. The van der Waals surface area contributed by atoms with Gasteiger partial charge in [0, 0.05) is 12.8 Å². The predicted molar refractivity (Wildman–Crippen MR) is 53.5 cm³/mol. The smallest absolute Gasteiger partial charge is 0.133 e. The summed E-state index contributed by atoms with van der Waals surface area (Å²) >= 11 is 0. The Balaban J connectivity index is 2.12. The molecule has 1 nitrogen and oxygen atoms in total. The number of carbonyl (C=O) groups excluding carboxylic acids is 1. The van der Waals surface area contributed by atoms with Crippen LogP contribution in [-0.4, -0.2) is 5.78 Å². The average Bonchev–Trinajstić information content (AvgIpc) is 2.28. The molecule has 0 bridgehead atoms. The number of hydrogen-bond acceptors (Lipinski definition) is 1. The van der Waals surface area contributed by atoms with E-state index in [1.165, 1.54) is 32.1 Å². The summed E-state index contributed by atoms with van der Waals surface area (Å²) in [6, 6.07) is 0. The van der Waals surface area contributed by atoms with E-state index in [1.807, 2.05) is 0 Å². The minimum Gasteiger partial charge on any atom is -0.300 e. The molecule has 0 aromatic carbocycles. The van der Waals surface area contributed by atoms with Gasteiger partial charge in [0.05, 0.1) is 0 Å². The Bertz CT molecular complexity index is 209. The van der Waals surface area contributed by atoms with Crippen molar-refractivity contribution in [1.82, 2.24) is 0 Å². The lowest BCUT2D eigenvalue weighted by atomic mass is 9.65. The monoisotopic (exact) mass is 180 g/mol. The molecule has 0 aromatic heterocycles. The summed E-state index contributed by atoms with van der Waals surface area (Å²) in [5.74, 6) is 1.24. The molecule has 0 aromatic rings. The first kappa shape index (κ1) is 9.23. The molecule has 2 rings (SSSR count). The van der Waals surface area contributed by atoms with Gasteiger partial charge in [0.25, 0.3) is 0 Å². The van der Waals surface area contributed by atoms with Crippen LogP contribution < -0.4 is 0 Å². The topological polar surface area (TPSA) is 17.1 Å². The zero-order chi connectivity index (χ0) is 9.31. The van der Waals surface area contributed by atoms with E-state index in [4.69, 9.17) is 0 Å². The van der Waals surface area contributed by atoms with Crippen LogP contribution in [0.15, 0.2) is 0 Å². The first-order valence-corrected chi connectivity index (χ1v) is 5.72. The number of ketones is 1. The van der Waals surface area contributed by atoms with Crippen molar-refractivity contribution in [3.8, 4) is 0 Å². The molecule has 0 saturated heterocycles. The predicted octanol–water partition coefficient (Wildman–Crippen LogP) is 3.33. The van der Waals surface area contributed by atoms with E-state index in [0.717, 1.165) is 25.2 Å². The summed E-state index contributed by atoms with van der Waals surface area (Å²) in [7, 11) is 0. The highest BCUT2D eigenvalue weighted by Gasteiger charge is 2.39. The van der Waals surface area contributed by atoms with Gasteiger partial charge in [-0.2, -0.15) is 0 Å². The van der Waals surface area contributed by atoms with Crippen LogP contribution in [0.4, 0.5) is 0 Å². The number of rotatable bonds is 0. The molecule has 2 aliphatic carbocycles. The number of fused-ring (bicyclic) bond motifs is 1. The van der Waals surface area contributed by atoms with E-state index in [2.05, 4.69) is 6.92 Å². The zero-order valence-electron chi connectivity index (χ0n) is 8.64. The maximum absolute atomic E-state index is 11.4. The van der Waals surface area contributed by atoms with Crippen LogP contribution in [0.2, 0.25) is 0 Å². The summed E-state index contributed by atoms with van der Waals surface area (Å²) in [6.45, 7) is 2.41. The van der Waals surface area contributed by atoms with E-state index in [0.29, 0.717) is 11.2 Å². The van der Waals surface area contributed by atoms with E-state index < -0.39 is 0 Å².